The van der Waals surface area contributed by atoms with Crippen LogP contribution in [-0.2, 0) is 12.6 Å². The molecule has 2 rings (SSSR count). The van der Waals surface area contributed by atoms with E-state index in [9.17, 15) is 13.2 Å². The van der Waals surface area contributed by atoms with E-state index in [0.29, 0.717) is 10.2 Å². The Morgan fingerprint density at radius 3 is 2.47 bits per heavy atom. The van der Waals surface area contributed by atoms with E-state index in [2.05, 4.69) is 26.1 Å². The third-order valence-corrected chi connectivity index (χ3v) is 3.15. The quantitative estimate of drug-likeness (QED) is 0.917. The van der Waals surface area contributed by atoms with Crippen LogP contribution >= 0.6 is 15.9 Å². The Hall–Kier alpha value is -1.63. The Kier molecular flexibility index (Phi) is 3.75. The first-order valence-corrected chi connectivity index (χ1v) is 6.10. The fraction of sp³-hybridized carbons (Fsp3) is 0.167. The van der Waals surface area contributed by atoms with Gasteiger partial charge in [-0.15, -0.1) is 5.10 Å². The molecule has 0 saturated carbocycles. The first-order valence-electron chi connectivity index (χ1n) is 5.30. The molecule has 0 radical (unpaired) electrons. The molecule has 1 heterocycles. The van der Waals surface area contributed by atoms with E-state index in [1.165, 1.54) is 12.1 Å². The van der Waals surface area contributed by atoms with Gasteiger partial charge in [0.2, 0.25) is 0 Å². The minimum atomic E-state index is -4.38. The summed E-state index contributed by atoms with van der Waals surface area (Å²) in [6.45, 7) is 0. The molecule has 0 amide bonds. The van der Waals surface area contributed by atoms with Gasteiger partial charge in [0.05, 0.1) is 15.7 Å². The van der Waals surface area contributed by atoms with Gasteiger partial charge in [0.15, 0.2) is 5.82 Å². The van der Waals surface area contributed by atoms with Crippen molar-refractivity contribution < 1.29 is 13.2 Å². The topological polar surface area (TPSA) is 51.8 Å². The molecule has 100 valence electrons. The molecule has 0 aliphatic rings. The normalized spacial score (nSPS) is 11.6. The number of alkyl halides is 3. The second-order valence-corrected chi connectivity index (χ2v) is 4.75. The Bertz CT molecular complexity index is 599. The zero-order valence-corrected chi connectivity index (χ0v) is 11.2. The fourth-order valence-corrected chi connectivity index (χ4v) is 1.99. The maximum atomic E-state index is 12.8. The van der Waals surface area contributed by atoms with Crippen molar-refractivity contribution in [1.82, 2.24) is 10.2 Å². The number of hydrogen-bond acceptors (Lipinski definition) is 3. The molecule has 2 aromatic rings. The zero-order chi connectivity index (χ0) is 14.0. The average molecular weight is 332 g/mol. The first kappa shape index (κ1) is 13.8. The van der Waals surface area contributed by atoms with Crippen molar-refractivity contribution in [3.63, 3.8) is 0 Å². The average Bonchev–Trinajstić information content (AvgIpc) is 2.33. The van der Waals surface area contributed by atoms with Gasteiger partial charge >= 0.3 is 6.18 Å². The van der Waals surface area contributed by atoms with E-state index >= 15 is 0 Å². The number of rotatable bonds is 2. The third kappa shape index (κ3) is 3.23. The summed E-state index contributed by atoms with van der Waals surface area (Å²) in [4.78, 5) is 0. The largest absolute Gasteiger partial charge is 0.416 e. The van der Waals surface area contributed by atoms with E-state index in [4.69, 9.17) is 5.73 Å². The number of halogens is 4. The number of anilines is 1. The van der Waals surface area contributed by atoms with Crippen molar-refractivity contribution in [2.45, 2.75) is 12.6 Å². The van der Waals surface area contributed by atoms with Crippen molar-refractivity contribution in [1.29, 1.82) is 0 Å². The van der Waals surface area contributed by atoms with Gasteiger partial charge in [-0.2, -0.15) is 18.3 Å². The SMILES string of the molecule is Nc1nnc(Cc2ccccc2C(F)(F)F)cc1Br. The van der Waals surface area contributed by atoms with E-state index < -0.39 is 11.7 Å². The number of hydrogen-bond donors (Lipinski definition) is 1. The summed E-state index contributed by atoms with van der Waals surface area (Å²) in [6.07, 6.45) is -4.34. The molecule has 7 heteroatoms. The van der Waals surface area contributed by atoms with Gasteiger partial charge in [0, 0.05) is 6.42 Å². The van der Waals surface area contributed by atoms with Crippen LogP contribution in [-0.4, -0.2) is 10.2 Å². The molecule has 0 spiro atoms. The first-order chi connectivity index (χ1) is 8.88. The number of nitrogens with zero attached hydrogens (tertiary/aromatic N) is 2. The van der Waals surface area contributed by atoms with Gasteiger partial charge in [-0.1, -0.05) is 18.2 Å². The van der Waals surface area contributed by atoms with Crippen LogP contribution < -0.4 is 5.73 Å². The van der Waals surface area contributed by atoms with Crippen LogP contribution in [0.1, 0.15) is 16.8 Å². The summed E-state index contributed by atoms with van der Waals surface area (Å²) >= 11 is 3.17. The molecule has 2 N–H and O–H groups in total. The highest BCUT2D eigenvalue weighted by atomic mass is 79.9. The molecule has 3 nitrogen and oxygen atoms in total. The second kappa shape index (κ2) is 5.16. The molecular weight excluding hydrogens is 323 g/mol. The van der Waals surface area contributed by atoms with Gasteiger partial charge < -0.3 is 5.73 Å². The van der Waals surface area contributed by atoms with Gasteiger partial charge in [0.25, 0.3) is 0 Å². The Morgan fingerprint density at radius 2 is 1.84 bits per heavy atom. The zero-order valence-electron chi connectivity index (χ0n) is 9.58. The van der Waals surface area contributed by atoms with Crippen LogP contribution in [0.5, 0.6) is 0 Å². The van der Waals surface area contributed by atoms with E-state index in [1.54, 1.807) is 12.1 Å². The maximum absolute atomic E-state index is 12.8. The summed E-state index contributed by atoms with van der Waals surface area (Å²) in [5.41, 5.74) is 5.39. The van der Waals surface area contributed by atoms with Gasteiger partial charge in [-0.3, -0.25) is 0 Å². The van der Waals surface area contributed by atoms with Crippen LogP contribution in [0.4, 0.5) is 19.0 Å². The van der Waals surface area contributed by atoms with E-state index in [0.717, 1.165) is 6.07 Å². The minimum absolute atomic E-state index is 0.0432. The van der Waals surface area contributed by atoms with Crippen LogP contribution in [0.3, 0.4) is 0 Å². The second-order valence-electron chi connectivity index (χ2n) is 3.90. The van der Waals surface area contributed by atoms with Crippen molar-refractivity contribution in [2.24, 2.45) is 0 Å². The molecule has 1 aromatic heterocycles. The number of benzene rings is 1. The number of aromatic nitrogens is 2. The Labute approximate surface area is 115 Å². The van der Waals surface area contributed by atoms with Crippen LogP contribution in [0, 0.1) is 0 Å². The summed E-state index contributed by atoms with van der Waals surface area (Å²) in [7, 11) is 0. The predicted molar refractivity (Wildman–Crippen MR) is 68.4 cm³/mol. The standard InChI is InChI=1S/C12H9BrF3N3/c13-10-6-8(18-19-11(10)17)5-7-3-1-2-4-9(7)12(14,15)16/h1-4,6H,5H2,(H2,17,19). The van der Waals surface area contributed by atoms with Crippen molar-refractivity contribution in [3.8, 4) is 0 Å². The molecule has 1 aromatic carbocycles. The molecule has 0 atom stereocenters. The van der Waals surface area contributed by atoms with Gasteiger partial charge in [-0.25, -0.2) is 0 Å². The van der Waals surface area contributed by atoms with Crippen LogP contribution in [0.15, 0.2) is 34.8 Å². The molecule has 0 fully saturated rings. The molecule has 0 aliphatic heterocycles. The molecule has 0 aliphatic carbocycles. The van der Waals surface area contributed by atoms with Crippen LogP contribution in [0.25, 0.3) is 0 Å². The van der Waals surface area contributed by atoms with Gasteiger partial charge in [0.1, 0.15) is 0 Å². The van der Waals surface area contributed by atoms with E-state index in [1.807, 2.05) is 0 Å². The summed E-state index contributed by atoms with van der Waals surface area (Å²) < 4.78 is 39.0. The van der Waals surface area contributed by atoms with E-state index in [-0.39, 0.29) is 17.8 Å². The highest BCUT2D eigenvalue weighted by Gasteiger charge is 2.32. The van der Waals surface area contributed by atoms with Gasteiger partial charge in [-0.05, 0) is 33.6 Å². The molecule has 0 unspecified atom stereocenters. The Morgan fingerprint density at radius 1 is 1.16 bits per heavy atom. The molecule has 0 saturated heterocycles. The summed E-state index contributed by atoms with van der Waals surface area (Å²) in [5.74, 6) is 0.202. The molecule has 19 heavy (non-hydrogen) atoms. The minimum Gasteiger partial charge on any atom is -0.381 e. The molecule has 0 bridgehead atoms. The van der Waals surface area contributed by atoms with Crippen LogP contribution in [0.2, 0.25) is 0 Å². The van der Waals surface area contributed by atoms with Crippen molar-refractivity contribution in [2.75, 3.05) is 5.73 Å². The lowest BCUT2D eigenvalue weighted by Gasteiger charge is -2.12. The number of nitrogen functional groups attached to an aromatic ring is 1. The number of nitrogens with two attached hydrogens (primary N) is 1. The summed E-state index contributed by atoms with van der Waals surface area (Å²) in [6, 6.07) is 6.96. The highest BCUT2D eigenvalue weighted by molar-refractivity contribution is 9.10. The molecular formula is C12H9BrF3N3. The maximum Gasteiger partial charge on any atom is 0.416 e. The lowest BCUT2D eigenvalue weighted by molar-refractivity contribution is -0.138. The smallest absolute Gasteiger partial charge is 0.381 e. The van der Waals surface area contributed by atoms with Crippen molar-refractivity contribution in [3.05, 3.63) is 51.6 Å². The fourth-order valence-electron chi connectivity index (χ4n) is 1.65. The predicted octanol–water partition coefficient (Wildman–Crippen LogP) is 3.43. The van der Waals surface area contributed by atoms with Crippen molar-refractivity contribution >= 4 is 21.7 Å². The lowest BCUT2D eigenvalue weighted by atomic mass is 10.0. The third-order valence-electron chi connectivity index (χ3n) is 2.52. The highest BCUT2D eigenvalue weighted by Crippen LogP contribution is 2.32. The summed E-state index contributed by atoms with van der Waals surface area (Å²) in [5, 5.41) is 7.45. The Balaban J connectivity index is 2.36. The lowest BCUT2D eigenvalue weighted by Crippen LogP contribution is -2.10. The monoisotopic (exact) mass is 331 g/mol.